The van der Waals surface area contributed by atoms with E-state index < -0.39 is 0 Å². The fourth-order valence-electron chi connectivity index (χ4n) is 3.50. The highest BCUT2D eigenvalue weighted by Crippen LogP contribution is 2.35. The molecule has 168 valence electrons. The Kier molecular flexibility index (Phi) is 6.87. The maximum Gasteiger partial charge on any atom is 0.253 e. The van der Waals surface area contributed by atoms with Gasteiger partial charge in [0, 0.05) is 43.8 Å². The topological polar surface area (TPSA) is 75.8 Å². The summed E-state index contributed by atoms with van der Waals surface area (Å²) in [6.45, 7) is 2.14. The second kappa shape index (κ2) is 9.97. The third-order valence-corrected chi connectivity index (χ3v) is 5.55. The molecule has 2 aromatic carbocycles. The molecule has 4 rings (SSSR count). The lowest BCUT2D eigenvalue weighted by atomic mass is 10.1. The van der Waals surface area contributed by atoms with Crippen molar-refractivity contribution in [2.75, 3.05) is 27.1 Å². The highest BCUT2D eigenvalue weighted by atomic mass is 32.1. The van der Waals surface area contributed by atoms with Crippen LogP contribution in [-0.4, -0.2) is 42.1 Å². The minimum absolute atomic E-state index is 0.164. The molecule has 7 nitrogen and oxygen atoms in total. The zero-order valence-corrected chi connectivity index (χ0v) is 18.5. The van der Waals surface area contributed by atoms with Gasteiger partial charge < -0.3 is 29.4 Å². The van der Waals surface area contributed by atoms with Crippen molar-refractivity contribution < 1.29 is 18.6 Å². The molecule has 0 saturated heterocycles. The first-order valence-corrected chi connectivity index (χ1v) is 10.7. The number of fused-ring (bicyclic) bond motifs is 2. The number of pyridine rings is 1. The number of hydrogen-bond acceptors (Lipinski definition) is 5. The highest BCUT2D eigenvalue weighted by Gasteiger charge is 2.17. The SMILES string of the molecule is COCCCNC(=S)N(Cc1ccc(F)cc1)Cc1cc2cc3c(cc2[nH]c1=O)OCO3. The molecule has 32 heavy (non-hydrogen) atoms. The fraction of sp³-hybridized carbons (Fsp3) is 0.304. The average Bonchev–Trinajstić information content (AvgIpc) is 3.23. The molecular weight excluding hydrogens is 433 g/mol. The summed E-state index contributed by atoms with van der Waals surface area (Å²) in [6, 6.07) is 11.7. The molecule has 3 aromatic rings. The first-order valence-electron chi connectivity index (χ1n) is 10.2. The Hall–Kier alpha value is -3.17. The third kappa shape index (κ3) is 5.17. The Balaban J connectivity index is 1.58. The van der Waals surface area contributed by atoms with Crippen molar-refractivity contribution >= 4 is 28.2 Å². The maximum absolute atomic E-state index is 13.3. The number of ether oxygens (including phenoxy) is 3. The van der Waals surface area contributed by atoms with Crippen LogP contribution in [0.3, 0.4) is 0 Å². The smallest absolute Gasteiger partial charge is 0.253 e. The molecule has 9 heteroatoms. The van der Waals surface area contributed by atoms with Crippen LogP contribution in [0.25, 0.3) is 10.9 Å². The number of halogens is 1. The fourth-order valence-corrected chi connectivity index (χ4v) is 3.73. The largest absolute Gasteiger partial charge is 0.454 e. The Bertz CT molecular complexity index is 1170. The van der Waals surface area contributed by atoms with Crippen LogP contribution in [0.4, 0.5) is 4.39 Å². The van der Waals surface area contributed by atoms with Gasteiger partial charge in [0.05, 0.1) is 12.1 Å². The van der Waals surface area contributed by atoms with Crippen molar-refractivity contribution in [1.29, 1.82) is 0 Å². The number of benzene rings is 2. The number of aromatic amines is 1. The molecule has 0 spiro atoms. The number of thiocarbonyl (C=S) groups is 1. The molecule has 0 radical (unpaired) electrons. The molecule has 0 amide bonds. The number of nitrogens with one attached hydrogen (secondary N) is 2. The van der Waals surface area contributed by atoms with Crippen LogP contribution < -0.4 is 20.3 Å². The van der Waals surface area contributed by atoms with Crippen LogP contribution in [0.15, 0.2) is 47.3 Å². The van der Waals surface area contributed by atoms with Gasteiger partial charge in [0.1, 0.15) is 5.82 Å². The van der Waals surface area contributed by atoms with Gasteiger partial charge in [0.15, 0.2) is 16.6 Å². The molecule has 1 aliphatic heterocycles. The van der Waals surface area contributed by atoms with Gasteiger partial charge >= 0.3 is 0 Å². The van der Waals surface area contributed by atoms with Gasteiger partial charge in [0.2, 0.25) is 6.79 Å². The zero-order chi connectivity index (χ0) is 22.5. The lowest BCUT2D eigenvalue weighted by molar-refractivity contribution is 0.174. The molecule has 0 bridgehead atoms. The average molecular weight is 458 g/mol. The van der Waals surface area contributed by atoms with E-state index in [4.69, 9.17) is 26.4 Å². The van der Waals surface area contributed by atoms with E-state index in [2.05, 4.69) is 10.3 Å². The van der Waals surface area contributed by atoms with E-state index in [1.54, 1.807) is 25.3 Å². The minimum Gasteiger partial charge on any atom is -0.454 e. The summed E-state index contributed by atoms with van der Waals surface area (Å²) in [6.07, 6.45) is 0.796. The first-order chi connectivity index (χ1) is 15.5. The molecule has 2 N–H and O–H groups in total. The summed E-state index contributed by atoms with van der Waals surface area (Å²) in [4.78, 5) is 17.6. The molecule has 0 unspecified atom stereocenters. The summed E-state index contributed by atoms with van der Waals surface area (Å²) < 4.78 is 29.3. The van der Waals surface area contributed by atoms with Crippen LogP contribution >= 0.6 is 12.2 Å². The summed E-state index contributed by atoms with van der Waals surface area (Å²) in [5.41, 5.74) is 1.91. The molecule has 0 fully saturated rings. The van der Waals surface area contributed by atoms with E-state index in [1.165, 1.54) is 12.1 Å². The molecule has 1 aliphatic rings. The van der Waals surface area contributed by atoms with E-state index in [0.717, 1.165) is 17.4 Å². The second-order valence-electron chi connectivity index (χ2n) is 7.48. The normalized spacial score (nSPS) is 12.2. The number of H-pyrrole nitrogens is 1. The van der Waals surface area contributed by atoms with E-state index in [0.29, 0.717) is 47.4 Å². The van der Waals surface area contributed by atoms with Gasteiger partial charge in [-0.15, -0.1) is 0 Å². The van der Waals surface area contributed by atoms with Crippen molar-refractivity contribution in [3.63, 3.8) is 0 Å². The number of rotatable bonds is 8. The van der Waals surface area contributed by atoms with Gasteiger partial charge in [-0.2, -0.15) is 0 Å². The summed E-state index contributed by atoms with van der Waals surface area (Å²) >= 11 is 5.60. The number of aromatic nitrogens is 1. The molecular formula is C23H24FN3O4S. The van der Waals surface area contributed by atoms with E-state index in [1.807, 2.05) is 17.0 Å². The Morgan fingerprint density at radius 3 is 2.69 bits per heavy atom. The quantitative estimate of drug-likeness (QED) is 0.397. The molecule has 0 atom stereocenters. The van der Waals surface area contributed by atoms with Gasteiger partial charge in [-0.05, 0) is 48.5 Å². The van der Waals surface area contributed by atoms with Crippen LogP contribution in [0.5, 0.6) is 11.5 Å². The second-order valence-corrected chi connectivity index (χ2v) is 7.86. The van der Waals surface area contributed by atoms with Gasteiger partial charge in [0.25, 0.3) is 5.56 Å². The predicted molar refractivity (Wildman–Crippen MR) is 123 cm³/mol. The molecule has 2 heterocycles. The number of nitrogens with zero attached hydrogens (tertiary/aromatic N) is 1. The Morgan fingerprint density at radius 2 is 1.94 bits per heavy atom. The lowest BCUT2D eigenvalue weighted by Crippen LogP contribution is -2.40. The van der Waals surface area contributed by atoms with Crippen LogP contribution in [0.1, 0.15) is 17.5 Å². The molecule has 0 aliphatic carbocycles. The van der Waals surface area contributed by atoms with Gasteiger partial charge in [-0.1, -0.05) is 12.1 Å². The Labute approximate surface area is 190 Å². The van der Waals surface area contributed by atoms with Crippen molar-refractivity contribution in [3.8, 4) is 11.5 Å². The Morgan fingerprint density at radius 1 is 1.19 bits per heavy atom. The van der Waals surface area contributed by atoms with Crippen LogP contribution in [-0.2, 0) is 17.8 Å². The minimum atomic E-state index is -0.301. The predicted octanol–water partition coefficient (Wildman–Crippen LogP) is 3.31. The maximum atomic E-state index is 13.3. The van der Waals surface area contributed by atoms with E-state index >= 15 is 0 Å². The van der Waals surface area contributed by atoms with Crippen LogP contribution in [0, 0.1) is 5.82 Å². The van der Waals surface area contributed by atoms with E-state index in [-0.39, 0.29) is 24.7 Å². The highest BCUT2D eigenvalue weighted by molar-refractivity contribution is 7.80. The standard InChI is InChI=1S/C23H24FN3O4S/c1-29-8-2-7-25-23(32)27(12-15-3-5-18(24)6-4-15)13-17-9-16-10-20-21(31-14-30-20)11-19(16)26-22(17)28/h3-6,9-11H,2,7-8,12-14H2,1H3,(H,25,32)(H,26,28). The monoisotopic (exact) mass is 457 g/mol. The molecule has 1 aromatic heterocycles. The van der Waals surface area contributed by atoms with Gasteiger partial charge in [-0.25, -0.2) is 4.39 Å². The first kappa shape index (κ1) is 22.0. The third-order valence-electron chi connectivity index (χ3n) is 5.15. The number of hydrogen-bond donors (Lipinski definition) is 2. The van der Waals surface area contributed by atoms with Crippen molar-refractivity contribution in [3.05, 3.63) is 69.8 Å². The van der Waals surface area contributed by atoms with Crippen LogP contribution in [0.2, 0.25) is 0 Å². The summed E-state index contributed by atoms with van der Waals surface area (Å²) in [5.74, 6) is 0.958. The van der Waals surface area contributed by atoms with Gasteiger partial charge in [-0.3, -0.25) is 4.79 Å². The summed E-state index contributed by atoms with van der Waals surface area (Å²) in [5, 5.41) is 4.56. The lowest BCUT2D eigenvalue weighted by Gasteiger charge is -2.26. The van der Waals surface area contributed by atoms with Crippen molar-refractivity contribution in [2.45, 2.75) is 19.5 Å². The van der Waals surface area contributed by atoms with Crippen molar-refractivity contribution in [2.24, 2.45) is 0 Å². The summed E-state index contributed by atoms with van der Waals surface area (Å²) in [7, 11) is 1.65. The zero-order valence-electron chi connectivity index (χ0n) is 17.7. The van der Waals surface area contributed by atoms with Crippen molar-refractivity contribution in [1.82, 2.24) is 15.2 Å². The van der Waals surface area contributed by atoms with E-state index in [9.17, 15) is 9.18 Å². The molecule has 0 saturated carbocycles. The number of methoxy groups -OCH3 is 1.